The number of anilines is 1. The van der Waals surface area contributed by atoms with Crippen molar-refractivity contribution < 1.29 is 9.53 Å². The number of morpholine rings is 1. The van der Waals surface area contributed by atoms with Crippen molar-refractivity contribution in [2.24, 2.45) is 0 Å². The zero-order valence-electron chi connectivity index (χ0n) is 12.8. The lowest BCUT2D eigenvalue weighted by Crippen LogP contribution is -2.55. The Morgan fingerprint density at radius 2 is 2.26 bits per heavy atom. The number of benzene rings is 1. The average Bonchev–Trinajstić information content (AvgIpc) is 2.99. The predicted molar refractivity (Wildman–Crippen MR) is 88.3 cm³/mol. The molecule has 120 valence electrons. The quantitative estimate of drug-likeness (QED) is 0.806. The van der Waals surface area contributed by atoms with Crippen LogP contribution in [-0.4, -0.2) is 49.7 Å². The first-order valence-electron chi connectivity index (χ1n) is 7.89. The highest BCUT2D eigenvalue weighted by molar-refractivity contribution is 5.87. The normalized spacial score (nSPS) is 24.4. The lowest BCUT2D eigenvalue weighted by atomic mass is 9.99. The van der Waals surface area contributed by atoms with Crippen LogP contribution in [0.2, 0.25) is 0 Å². The molecular weight excluding hydrogens is 294 g/mol. The van der Waals surface area contributed by atoms with Crippen LogP contribution in [0.1, 0.15) is 16.8 Å². The number of hydrogen-bond acceptors (Lipinski definition) is 5. The summed E-state index contributed by atoms with van der Waals surface area (Å²) >= 11 is 0. The molecule has 0 radical (unpaired) electrons. The van der Waals surface area contributed by atoms with Gasteiger partial charge in [-0.1, -0.05) is 0 Å². The number of nitrogens with zero attached hydrogens (tertiary/aromatic N) is 1. The molecule has 1 aromatic carbocycles. The third-order valence-corrected chi connectivity index (χ3v) is 4.86. The van der Waals surface area contributed by atoms with Crippen LogP contribution >= 0.6 is 0 Å². The number of fused-ring (bicyclic) bond motifs is 1. The fourth-order valence-electron chi connectivity index (χ4n) is 3.57. The summed E-state index contributed by atoms with van der Waals surface area (Å²) in [6.07, 6.45) is 3.11. The van der Waals surface area contributed by atoms with Gasteiger partial charge in [-0.25, -0.2) is 0 Å². The van der Waals surface area contributed by atoms with Gasteiger partial charge in [0.05, 0.1) is 29.8 Å². The number of aromatic nitrogens is 1. The smallest absolute Gasteiger partial charge is 0.199 e. The van der Waals surface area contributed by atoms with E-state index >= 15 is 0 Å². The maximum absolute atomic E-state index is 12.1. The van der Waals surface area contributed by atoms with Crippen molar-refractivity contribution in [3.05, 3.63) is 40.2 Å². The van der Waals surface area contributed by atoms with E-state index in [0.29, 0.717) is 11.7 Å². The molecule has 2 aromatic rings. The Hall–Kier alpha value is -2.18. The van der Waals surface area contributed by atoms with E-state index in [1.807, 2.05) is 12.1 Å². The van der Waals surface area contributed by atoms with Crippen LogP contribution in [0.25, 0.3) is 10.9 Å². The molecule has 2 fully saturated rings. The minimum Gasteiger partial charge on any atom is -0.378 e. The summed E-state index contributed by atoms with van der Waals surface area (Å²) in [6, 6.07) is 5.73. The molecule has 1 atom stereocenters. The third kappa shape index (κ3) is 2.44. The molecular formula is C17H19N3O3. The van der Waals surface area contributed by atoms with Crippen molar-refractivity contribution in [3.63, 3.8) is 0 Å². The Bertz CT molecular complexity index is 808. The van der Waals surface area contributed by atoms with Gasteiger partial charge in [0, 0.05) is 36.9 Å². The van der Waals surface area contributed by atoms with E-state index in [1.165, 1.54) is 6.20 Å². The molecule has 6 nitrogen and oxygen atoms in total. The first kappa shape index (κ1) is 14.4. The van der Waals surface area contributed by atoms with Crippen LogP contribution in [0, 0.1) is 0 Å². The molecule has 2 N–H and O–H groups in total. The molecule has 0 bridgehead atoms. The number of ether oxygens (including phenoxy) is 1. The van der Waals surface area contributed by atoms with Gasteiger partial charge >= 0.3 is 0 Å². The van der Waals surface area contributed by atoms with Gasteiger partial charge in [0.1, 0.15) is 0 Å². The van der Waals surface area contributed by atoms with Gasteiger partial charge in [0.15, 0.2) is 11.7 Å². The molecule has 3 heterocycles. The zero-order valence-corrected chi connectivity index (χ0v) is 12.8. The van der Waals surface area contributed by atoms with Gasteiger partial charge in [0.2, 0.25) is 0 Å². The highest BCUT2D eigenvalue weighted by Crippen LogP contribution is 2.29. The van der Waals surface area contributed by atoms with Crippen molar-refractivity contribution in [1.29, 1.82) is 0 Å². The van der Waals surface area contributed by atoms with Gasteiger partial charge in [0.25, 0.3) is 0 Å². The standard InChI is InChI=1S/C17H19N3O3/c21-9-12-8-18-15-7-13(1-2-14(15)16(12)22)20-5-3-17(10-20)11-23-6-4-19-17/h1-2,7-9,19H,3-6,10-11H2,(H,18,22). The van der Waals surface area contributed by atoms with E-state index in [9.17, 15) is 9.59 Å². The van der Waals surface area contributed by atoms with Crippen LogP contribution < -0.4 is 15.6 Å². The third-order valence-electron chi connectivity index (χ3n) is 4.86. The van der Waals surface area contributed by atoms with Crippen molar-refractivity contribution in [2.45, 2.75) is 12.0 Å². The number of hydrogen-bond donors (Lipinski definition) is 2. The maximum atomic E-state index is 12.1. The topological polar surface area (TPSA) is 74.4 Å². The number of rotatable bonds is 2. The Morgan fingerprint density at radius 3 is 3.04 bits per heavy atom. The molecule has 4 rings (SSSR count). The Kier molecular flexibility index (Phi) is 3.43. The first-order valence-corrected chi connectivity index (χ1v) is 7.89. The first-order chi connectivity index (χ1) is 11.2. The summed E-state index contributed by atoms with van der Waals surface area (Å²) in [7, 11) is 0. The molecule has 23 heavy (non-hydrogen) atoms. The van der Waals surface area contributed by atoms with Crippen molar-refractivity contribution in [1.82, 2.24) is 10.3 Å². The molecule has 2 aliphatic heterocycles. The summed E-state index contributed by atoms with van der Waals surface area (Å²) in [5.41, 5.74) is 1.82. The van der Waals surface area contributed by atoms with Gasteiger partial charge in [-0.2, -0.15) is 0 Å². The monoisotopic (exact) mass is 313 g/mol. The van der Waals surface area contributed by atoms with Crippen molar-refractivity contribution in [3.8, 4) is 0 Å². The number of nitrogens with one attached hydrogen (secondary N) is 2. The van der Waals surface area contributed by atoms with Crippen LogP contribution in [0.4, 0.5) is 5.69 Å². The molecule has 6 heteroatoms. The van der Waals surface area contributed by atoms with E-state index in [0.717, 1.165) is 50.5 Å². The second-order valence-electron chi connectivity index (χ2n) is 6.35. The Labute approximate surface area is 133 Å². The lowest BCUT2D eigenvalue weighted by molar-refractivity contribution is 0.0368. The van der Waals surface area contributed by atoms with E-state index in [1.54, 1.807) is 6.07 Å². The average molecular weight is 313 g/mol. The number of H-pyrrole nitrogens is 1. The van der Waals surface area contributed by atoms with Crippen LogP contribution in [-0.2, 0) is 4.74 Å². The van der Waals surface area contributed by atoms with E-state index in [4.69, 9.17) is 4.74 Å². The number of aldehydes is 1. The molecule has 0 amide bonds. The minimum atomic E-state index is -0.222. The number of carbonyl (C=O) groups excluding carboxylic acids is 1. The summed E-state index contributed by atoms with van der Waals surface area (Å²) in [4.78, 5) is 28.4. The van der Waals surface area contributed by atoms with Crippen LogP contribution in [0.5, 0.6) is 0 Å². The highest BCUT2D eigenvalue weighted by atomic mass is 16.5. The summed E-state index contributed by atoms with van der Waals surface area (Å²) < 4.78 is 5.63. The number of pyridine rings is 1. The molecule has 0 saturated carbocycles. The fourth-order valence-corrected chi connectivity index (χ4v) is 3.57. The van der Waals surface area contributed by atoms with Gasteiger partial charge in [-0.05, 0) is 24.6 Å². The molecule has 2 aliphatic rings. The molecule has 1 unspecified atom stereocenters. The van der Waals surface area contributed by atoms with E-state index in [2.05, 4.69) is 15.2 Å². The minimum absolute atomic E-state index is 0.0436. The summed E-state index contributed by atoms with van der Waals surface area (Å²) in [5.74, 6) is 0. The van der Waals surface area contributed by atoms with Crippen molar-refractivity contribution >= 4 is 22.9 Å². The van der Waals surface area contributed by atoms with Crippen LogP contribution in [0.15, 0.2) is 29.2 Å². The highest BCUT2D eigenvalue weighted by Gasteiger charge is 2.39. The van der Waals surface area contributed by atoms with Gasteiger partial charge in [-0.3, -0.25) is 9.59 Å². The maximum Gasteiger partial charge on any atom is 0.199 e. The number of carbonyl (C=O) groups is 1. The fraction of sp³-hybridized carbons (Fsp3) is 0.412. The zero-order chi connectivity index (χ0) is 15.9. The SMILES string of the molecule is O=Cc1c[nH]c2cc(N3CCC4(COCCN4)C3)ccc2c1=O. The van der Waals surface area contributed by atoms with E-state index < -0.39 is 0 Å². The van der Waals surface area contributed by atoms with E-state index in [-0.39, 0.29) is 16.5 Å². The number of aromatic amines is 1. The summed E-state index contributed by atoms with van der Waals surface area (Å²) in [5, 5.41) is 4.14. The molecule has 0 aliphatic carbocycles. The van der Waals surface area contributed by atoms with Crippen molar-refractivity contribution in [2.75, 3.05) is 37.7 Å². The predicted octanol–water partition coefficient (Wildman–Crippen LogP) is 0.909. The van der Waals surface area contributed by atoms with Crippen LogP contribution in [0.3, 0.4) is 0 Å². The second-order valence-corrected chi connectivity index (χ2v) is 6.35. The van der Waals surface area contributed by atoms with Gasteiger partial charge in [-0.15, -0.1) is 0 Å². The van der Waals surface area contributed by atoms with Gasteiger partial charge < -0.3 is 19.9 Å². The Balaban J connectivity index is 1.65. The Morgan fingerprint density at radius 1 is 1.35 bits per heavy atom. The molecule has 1 aromatic heterocycles. The summed E-state index contributed by atoms with van der Waals surface area (Å²) in [6.45, 7) is 4.27. The molecule has 1 spiro atoms. The largest absolute Gasteiger partial charge is 0.378 e. The molecule has 2 saturated heterocycles. The lowest BCUT2D eigenvalue weighted by Gasteiger charge is -2.34. The second kappa shape index (κ2) is 5.47.